The number of likely N-dealkylation sites (tertiary alicyclic amines) is 1. The van der Waals surface area contributed by atoms with Gasteiger partial charge in [-0.2, -0.15) is 0 Å². The highest BCUT2D eigenvalue weighted by molar-refractivity contribution is 4.93. The summed E-state index contributed by atoms with van der Waals surface area (Å²) < 4.78 is 7.56. The van der Waals surface area contributed by atoms with Crippen LogP contribution in [0.2, 0.25) is 0 Å². The van der Waals surface area contributed by atoms with Crippen LogP contribution in [0.3, 0.4) is 0 Å². The molecule has 2 heterocycles. The Morgan fingerprint density at radius 2 is 2.47 bits per heavy atom. The summed E-state index contributed by atoms with van der Waals surface area (Å²) in [5.74, 6) is 0. The van der Waals surface area contributed by atoms with Crippen molar-refractivity contribution in [2.24, 2.45) is 5.11 Å². The lowest BCUT2D eigenvalue weighted by Gasteiger charge is -2.17. The van der Waals surface area contributed by atoms with Crippen LogP contribution in [0.5, 0.6) is 0 Å². The van der Waals surface area contributed by atoms with Gasteiger partial charge in [-0.1, -0.05) is 5.11 Å². The number of nitrogens with zero attached hydrogens (tertiary/aromatic N) is 6. The molecule has 2 atom stereocenters. The van der Waals surface area contributed by atoms with Gasteiger partial charge < -0.3 is 9.30 Å². The molecule has 1 aromatic heterocycles. The van der Waals surface area contributed by atoms with Crippen LogP contribution in [-0.2, 0) is 4.74 Å². The van der Waals surface area contributed by atoms with E-state index in [0.29, 0.717) is 6.54 Å². The highest BCUT2D eigenvalue weighted by Crippen LogP contribution is 2.23. The standard InChI is InChI=1S/C10H16N6O/c1-17-10-7-15(4-3-13-14-11)6-9(10)16-5-2-12-8-16/h2,5,8-10H,3-4,6-7H2,1H3/t9-,10+/m0/s1. The Hall–Kier alpha value is -1.56. The zero-order chi connectivity index (χ0) is 12.1. The van der Waals surface area contributed by atoms with Gasteiger partial charge in [-0.3, -0.25) is 4.90 Å². The first kappa shape index (κ1) is 11.9. The van der Waals surface area contributed by atoms with Crippen molar-refractivity contribution >= 4 is 0 Å². The molecule has 92 valence electrons. The van der Waals surface area contributed by atoms with Crippen LogP contribution >= 0.6 is 0 Å². The van der Waals surface area contributed by atoms with Gasteiger partial charge in [0.15, 0.2) is 0 Å². The summed E-state index contributed by atoms with van der Waals surface area (Å²) in [6.07, 6.45) is 5.70. The Morgan fingerprint density at radius 3 is 3.12 bits per heavy atom. The van der Waals surface area contributed by atoms with Gasteiger partial charge in [0.1, 0.15) is 0 Å². The molecule has 1 aliphatic heterocycles. The van der Waals surface area contributed by atoms with E-state index in [-0.39, 0.29) is 12.1 Å². The third kappa shape index (κ3) is 2.76. The smallest absolute Gasteiger partial charge is 0.0949 e. The van der Waals surface area contributed by atoms with Gasteiger partial charge in [0, 0.05) is 50.6 Å². The number of hydrogen-bond acceptors (Lipinski definition) is 4. The molecule has 0 radical (unpaired) electrons. The predicted octanol–water partition coefficient (Wildman–Crippen LogP) is 1.07. The summed E-state index contributed by atoms with van der Waals surface area (Å²) in [6, 6.07) is 0.286. The highest BCUT2D eigenvalue weighted by atomic mass is 16.5. The molecule has 2 rings (SSSR count). The number of imidazole rings is 1. The Labute approximate surface area is 99.6 Å². The van der Waals surface area contributed by atoms with Gasteiger partial charge >= 0.3 is 0 Å². The van der Waals surface area contributed by atoms with Crippen molar-refractivity contribution in [2.45, 2.75) is 12.1 Å². The van der Waals surface area contributed by atoms with Crippen LogP contribution in [0, 0.1) is 0 Å². The monoisotopic (exact) mass is 236 g/mol. The zero-order valence-corrected chi connectivity index (χ0v) is 9.81. The lowest BCUT2D eigenvalue weighted by Crippen LogP contribution is -2.25. The molecule has 17 heavy (non-hydrogen) atoms. The first-order chi connectivity index (χ1) is 8.35. The number of aromatic nitrogens is 2. The molecule has 0 amide bonds. The summed E-state index contributed by atoms with van der Waals surface area (Å²) in [4.78, 5) is 9.06. The second kappa shape index (κ2) is 5.67. The maximum absolute atomic E-state index is 8.24. The second-order valence-corrected chi connectivity index (χ2v) is 4.07. The molecule has 1 fully saturated rings. The molecule has 7 heteroatoms. The molecule has 1 aromatic rings. The van der Waals surface area contributed by atoms with E-state index in [1.165, 1.54) is 0 Å². The van der Waals surface area contributed by atoms with Crippen LogP contribution in [-0.4, -0.2) is 53.8 Å². The van der Waals surface area contributed by atoms with E-state index in [4.69, 9.17) is 10.3 Å². The summed E-state index contributed by atoms with van der Waals surface area (Å²) >= 11 is 0. The summed E-state index contributed by atoms with van der Waals surface area (Å²) in [7, 11) is 1.73. The molecule has 0 N–H and O–H groups in total. The fraction of sp³-hybridized carbons (Fsp3) is 0.700. The molecule has 1 aliphatic rings. The number of azide groups is 1. The quantitative estimate of drug-likeness (QED) is 0.435. The van der Waals surface area contributed by atoms with E-state index in [1.54, 1.807) is 13.3 Å². The Bertz CT molecular complexity index is 386. The third-order valence-electron chi connectivity index (χ3n) is 3.10. The molecule has 0 unspecified atom stereocenters. The minimum Gasteiger partial charge on any atom is -0.378 e. The molecular formula is C10H16N6O. The molecule has 0 spiro atoms. The first-order valence-corrected chi connectivity index (χ1v) is 5.58. The summed E-state index contributed by atoms with van der Waals surface area (Å²) in [5, 5.41) is 3.55. The minimum atomic E-state index is 0.162. The van der Waals surface area contributed by atoms with Crippen LogP contribution in [0.15, 0.2) is 23.8 Å². The average Bonchev–Trinajstić information content (AvgIpc) is 2.97. The third-order valence-corrected chi connectivity index (χ3v) is 3.10. The van der Waals surface area contributed by atoms with Crippen molar-refractivity contribution < 1.29 is 4.74 Å². The molecule has 1 saturated heterocycles. The second-order valence-electron chi connectivity index (χ2n) is 4.07. The van der Waals surface area contributed by atoms with Crippen molar-refractivity contribution in [1.82, 2.24) is 14.5 Å². The highest BCUT2D eigenvalue weighted by Gasteiger charge is 2.33. The first-order valence-electron chi connectivity index (χ1n) is 5.58. The van der Waals surface area contributed by atoms with Crippen molar-refractivity contribution in [3.05, 3.63) is 29.2 Å². The lowest BCUT2D eigenvalue weighted by atomic mass is 10.2. The van der Waals surface area contributed by atoms with Crippen molar-refractivity contribution in [2.75, 3.05) is 33.3 Å². The van der Waals surface area contributed by atoms with E-state index < -0.39 is 0 Å². The minimum absolute atomic E-state index is 0.162. The molecule has 0 bridgehead atoms. The van der Waals surface area contributed by atoms with Crippen molar-refractivity contribution in [3.8, 4) is 0 Å². The van der Waals surface area contributed by atoms with Gasteiger partial charge in [-0.15, -0.1) is 0 Å². The predicted molar refractivity (Wildman–Crippen MR) is 62.5 cm³/mol. The summed E-state index contributed by atoms with van der Waals surface area (Å²) in [5.41, 5.74) is 8.24. The van der Waals surface area contributed by atoms with Gasteiger partial charge in [-0.05, 0) is 5.53 Å². The molecule has 7 nitrogen and oxygen atoms in total. The Kier molecular flexibility index (Phi) is 3.98. The van der Waals surface area contributed by atoms with Gasteiger partial charge in [0.05, 0.1) is 18.5 Å². The fourth-order valence-electron chi connectivity index (χ4n) is 2.23. The van der Waals surface area contributed by atoms with Crippen LogP contribution in [0.4, 0.5) is 0 Å². The zero-order valence-electron chi connectivity index (χ0n) is 9.81. The van der Waals surface area contributed by atoms with Gasteiger partial charge in [0.2, 0.25) is 0 Å². The van der Waals surface area contributed by atoms with Crippen LogP contribution in [0.1, 0.15) is 6.04 Å². The molecular weight excluding hydrogens is 220 g/mol. The maximum atomic E-state index is 8.24. The van der Waals surface area contributed by atoms with Crippen molar-refractivity contribution in [3.63, 3.8) is 0 Å². The maximum Gasteiger partial charge on any atom is 0.0949 e. The number of rotatable bonds is 5. The van der Waals surface area contributed by atoms with Gasteiger partial charge in [0.25, 0.3) is 0 Å². The Morgan fingerprint density at radius 1 is 1.59 bits per heavy atom. The van der Waals surface area contributed by atoms with Crippen molar-refractivity contribution in [1.29, 1.82) is 0 Å². The molecule has 0 saturated carbocycles. The Balaban J connectivity index is 1.96. The van der Waals surface area contributed by atoms with Crippen LogP contribution in [0.25, 0.3) is 10.4 Å². The largest absolute Gasteiger partial charge is 0.378 e. The lowest BCUT2D eigenvalue weighted by molar-refractivity contribution is 0.0817. The number of methoxy groups -OCH3 is 1. The SMILES string of the molecule is CO[C@@H]1CN(CCN=[N+]=[N-])C[C@@H]1n1ccnc1. The van der Waals surface area contributed by atoms with Crippen LogP contribution < -0.4 is 0 Å². The normalized spacial score (nSPS) is 24.8. The van der Waals surface area contributed by atoms with E-state index in [9.17, 15) is 0 Å². The topological polar surface area (TPSA) is 79.0 Å². The number of hydrogen-bond donors (Lipinski definition) is 0. The van der Waals surface area contributed by atoms with E-state index in [0.717, 1.165) is 19.6 Å². The average molecular weight is 236 g/mol. The fourth-order valence-corrected chi connectivity index (χ4v) is 2.23. The molecule has 0 aliphatic carbocycles. The van der Waals surface area contributed by atoms with Gasteiger partial charge in [-0.25, -0.2) is 4.98 Å². The van der Waals surface area contributed by atoms with E-state index >= 15 is 0 Å². The summed E-state index contributed by atoms with van der Waals surface area (Å²) in [6.45, 7) is 3.04. The molecule has 0 aromatic carbocycles. The van der Waals surface area contributed by atoms with E-state index in [2.05, 4.69) is 24.5 Å². The van der Waals surface area contributed by atoms with E-state index in [1.807, 2.05) is 12.5 Å². The number of ether oxygens (including phenoxy) is 1.